The molecule has 1 aromatic rings. The molecule has 2 atom stereocenters. The molecule has 0 radical (unpaired) electrons. The summed E-state index contributed by atoms with van der Waals surface area (Å²) in [6, 6.07) is 0. The Kier molecular flexibility index (Phi) is 4.75. The van der Waals surface area contributed by atoms with E-state index < -0.39 is 6.10 Å². The summed E-state index contributed by atoms with van der Waals surface area (Å²) in [5.41, 5.74) is 0.319. The Bertz CT molecular complexity index is 338. The van der Waals surface area contributed by atoms with Gasteiger partial charge in [-0.25, -0.2) is 4.98 Å². The van der Waals surface area contributed by atoms with Crippen LogP contribution in [0.5, 0.6) is 0 Å². The third-order valence-corrected chi connectivity index (χ3v) is 2.97. The number of nitrogens with zero attached hydrogens (tertiary/aromatic N) is 2. The van der Waals surface area contributed by atoms with E-state index in [9.17, 15) is 5.11 Å². The second-order valence-electron chi connectivity index (χ2n) is 6.19. The summed E-state index contributed by atoms with van der Waals surface area (Å²) in [5, 5.41) is 10.2. The minimum absolute atomic E-state index is 0.319. The molecule has 17 heavy (non-hydrogen) atoms. The minimum atomic E-state index is -0.442. The number of aliphatic hydroxyl groups is 1. The van der Waals surface area contributed by atoms with Gasteiger partial charge < -0.3 is 9.67 Å². The number of hydrogen-bond donors (Lipinski definition) is 1. The first-order chi connectivity index (χ1) is 7.83. The van der Waals surface area contributed by atoms with Crippen molar-refractivity contribution in [2.75, 3.05) is 0 Å². The molecular formula is C14H26N2O. The van der Waals surface area contributed by atoms with Crippen LogP contribution in [0.3, 0.4) is 0 Å². The first-order valence-electron chi connectivity index (χ1n) is 6.52. The van der Waals surface area contributed by atoms with Gasteiger partial charge in [-0.3, -0.25) is 0 Å². The zero-order valence-corrected chi connectivity index (χ0v) is 11.8. The molecule has 3 heteroatoms. The zero-order valence-electron chi connectivity index (χ0n) is 11.8. The van der Waals surface area contributed by atoms with Crippen molar-refractivity contribution in [3.8, 4) is 0 Å². The molecule has 0 saturated carbocycles. The predicted molar refractivity (Wildman–Crippen MR) is 70.7 cm³/mol. The van der Waals surface area contributed by atoms with E-state index in [4.69, 9.17) is 0 Å². The largest absolute Gasteiger partial charge is 0.385 e. The quantitative estimate of drug-likeness (QED) is 0.853. The van der Waals surface area contributed by atoms with Crippen LogP contribution in [0.4, 0.5) is 0 Å². The highest BCUT2D eigenvalue weighted by molar-refractivity contribution is 4.96. The fourth-order valence-corrected chi connectivity index (χ4v) is 2.50. The molecule has 0 spiro atoms. The smallest absolute Gasteiger partial charge is 0.137 e. The maximum atomic E-state index is 10.2. The predicted octanol–water partition coefficient (Wildman–Crippen LogP) is 3.40. The summed E-state index contributed by atoms with van der Waals surface area (Å²) < 4.78 is 2.01. The first-order valence-corrected chi connectivity index (χ1v) is 6.52. The lowest BCUT2D eigenvalue weighted by Gasteiger charge is -2.24. The first kappa shape index (κ1) is 14.2. The van der Waals surface area contributed by atoms with Gasteiger partial charge in [-0.1, -0.05) is 27.7 Å². The van der Waals surface area contributed by atoms with Crippen LogP contribution < -0.4 is 0 Å². The summed E-state index contributed by atoms with van der Waals surface area (Å²) in [4.78, 5) is 4.25. The van der Waals surface area contributed by atoms with Crippen LogP contribution in [0.25, 0.3) is 0 Å². The molecule has 1 aromatic heterocycles. The highest BCUT2D eigenvalue weighted by Crippen LogP contribution is 2.29. The van der Waals surface area contributed by atoms with Gasteiger partial charge in [0.25, 0.3) is 0 Å². The van der Waals surface area contributed by atoms with E-state index >= 15 is 0 Å². The van der Waals surface area contributed by atoms with E-state index in [0.29, 0.717) is 11.3 Å². The fourth-order valence-electron chi connectivity index (χ4n) is 2.50. The average molecular weight is 238 g/mol. The zero-order chi connectivity index (χ0) is 13.1. The lowest BCUT2D eigenvalue weighted by Crippen LogP contribution is -2.15. The Morgan fingerprint density at radius 3 is 2.59 bits per heavy atom. The van der Waals surface area contributed by atoms with Crippen molar-refractivity contribution in [2.24, 2.45) is 11.3 Å². The molecule has 0 saturated heterocycles. The SMILES string of the molecule is CCn1ccnc1C(O)CC(C)CC(C)(C)C. The van der Waals surface area contributed by atoms with Crippen LogP contribution in [0.15, 0.2) is 12.4 Å². The second kappa shape index (κ2) is 5.67. The fraction of sp³-hybridized carbons (Fsp3) is 0.786. The maximum absolute atomic E-state index is 10.2. The van der Waals surface area contributed by atoms with Crippen LogP contribution in [0.2, 0.25) is 0 Å². The Balaban J connectivity index is 2.57. The van der Waals surface area contributed by atoms with Crippen LogP contribution in [0.1, 0.15) is 59.4 Å². The van der Waals surface area contributed by atoms with Gasteiger partial charge in [0.1, 0.15) is 11.9 Å². The second-order valence-corrected chi connectivity index (χ2v) is 6.19. The van der Waals surface area contributed by atoms with E-state index in [0.717, 1.165) is 25.2 Å². The average Bonchev–Trinajstić information content (AvgIpc) is 2.61. The van der Waals surface area contributed by atoms with Crippen molar-refractivity contribution < 1.29 is 5.11 Å². The van der Waals surface area contributed by atoms with E-state index in [1.807, 2.05) is 10.8 Å². The summed E-state index contributed by atoms with van der Waals surface area (Å²) in [5.74, 6) is 1.31. The van der Waals surface area contributed by atoms with Crippen molar-refractivity contribution in [3.63, 3.8) is 0 Å². The van der Waals surface area contributed by atoms with Gasteiger partial charge in [0.15, 0.2) is 0 Å². The van der Waals surface area contributed by atoms with Gasteiger partial charge >= 0.3 is 0 Å². The Morgan fingerprint density at radius 1 is 1.41 bits per heavy atom. The number of aromatic nitrogens is 2. The molecule has 0 amide bonds. The van der Waals surface area contributed by atoms with E-state index in [2.05, 4.69) is 39.6 Å². The third kappa shape index (κ3) is 4.50. The molecule has 98 valence electrons. The summed E-state index contributed by atoms with van der Waals surface area (Å²) in [6.07, 6.45) is 5.15. The minimum Gasteiger partial charge on any atom is -0.385 e. The van der Waals surface area contributed by atoms with E-state index in [1.54, 1.807) is 6.20 Å². The number of hydrogen-bond acceptors (Lipinski definition) is 2. The van der Waals surface area contributed by atoms with Crippen molar-refractivity contribution in [1.82, 2.24) is 9.55 Å². The highest BCUT2D eigenvalue weighted by Gasteiger charge is 2.20. The molecular weight excluding hydrogens is 212 g/mol. The van der Waals surface area contributed by atoms with E-state index in [1.165, 1.54) is 0 Å². The summed E-state index contributed by atoms with van der Waals surface area (Å²) in [7, 11) is 0. The molecule has 1 rings (SSSR count). The molecule has 0 aliphatic rings. The van der Waals surface area contributed by atoms with Crippen molar-refractivity contribution in [1.29, 1.82) is 0 Å². The Morgan fingerprint density at radius 2 is 2.06 bits per heavy atom. The summed E-state index contributed by atoms with van der Waals surface area (Å²) >= 11 is 0. The van der Waals surface area contributed by atoms with E-state index in [-0.39, 0.29) is 0 Å². The number of aryl methyl sites for hydroxylation is 1. The van der Waals surface area contributed by atoms with Gasteiger partial charge in [-0.2, -0.15) is 0 Å². The van der Waals surface area contributed by atoms with Crippen molar-refractivity contribution in [2.45, 2.75) is 60.1 Å². The summed E-state index contributed by atoms with van der Waals surface area (Å²) in [6.45, 7) is 11.8. The normalized spacial score (nSPS) is 15.9. The van der Waals surface area contributed by atoms with Crippen molar-refractivity contribution >= 4 is 0 Å². The highest BCUT2D eigenvalue weighted by atomic mass is 16.3. The standard InChI is InChI=1S/C14H26N2O/c1-6-16-8-7-15-13(16)12(17)9-11(2)10-14(3,4)5/h7-8,11-12,17H,6,9-10H2,1-5H3. The molecule has 1 N–H and O–H groups in total. The Hall–Kier alpha value is -0.830. The maximum Gasteiger partial charge on any atom is 0.137 e. The van der Waals surface area contributed by atoms with Crippen LogP contribution in [0, 0.1) is 11.3 Å². The lowest BCUT2D eigenvalue weighted by molar-refractivity contribution is 0.122. The monoisotopic (exact) mass is 238 g/mol. The van der Waals surface area contributed by atoms with Crippen LogP contribution in [-0.4, -0.2) is 14.7 Å². The van der Waals surface area contributed by atoms with Crippen LogP contribution >= 0.6 is 0 Å². The molecule has 0 aliphatic heterocycles. The van der Waals surface area contributed by atoms with Gasteiger partial charge in [0, 0.05) is 18.9 Å². The Labute approximate surface area is 105 Å². The topological polar surface area (TPSA) is 38.0 Å². The van der Waals surface area contributed by atoms with Gasteiger partial charge in [0.2, 0.25) is 0 Å². The molecule has 0 aromatic carbocycles. The van der Waals surface area contributed by atoms with Crippen LogP contribution in [-0.2, 0) is 6.54 Å². The van der Waals surface area contributed by atoms with Gasteiger partial charge in [0.05, 0.1) is 0 Å². The molecule has 0 bridgehead atoms. The van der Waals surface area contributed by atoms with Gasteiger partial charge in [-0.05, 0) is 31.1 Å². The molecule has 0 fully saturated rings. The molecule has 2 unspecified atom stereocenters. The third-order valence-electron chi connectivity index (χ3n) is 2.97. The number of aliphatic hydroxyl groups excluding tert-OH is 1. The lowest BCUT2D eigenvalue weighted by atomic mass is 9.83. The van der Waals surface area contributed by atoms with Crippen molar-refractivity contribution in [3.05, 3.63) is 18.2 Å². The molecule has 3 nitrogen and oxygen atoms in total. The number of rotatable bonds is 5. The number of imidazole rings is 1. The molecule has 0 aliphatic carbocycles. The van der Waals surface area contributed by atoms with Gasteiger partial charge in [-0.15, -0.1) is 0 Å². The molecule has 1 heterocycles.